The van der Waals surface area contributed by atoms with E-state index in [0.717, 1.165) is 62.5 Å². The van der Waals surface area contributed by atoms with E-state index in [4.69, 9.17) is 11.6 Å². The molecule has 2 amide bonds. The molecule has 0 atom stereocenters. The maximum atomic E-state index is 13.4. The molecule has 1 aromatic carbocycles. The first-order chi connectivity index (χ1) is 17.7. The second kappa shape index (κ2) is 8.58. The van der Waals surface area contributed by atoms with Gasteiger partial charge in [-0.1, -0.05) is 11.6 Å². The van der Waals surface area contributed by atoms with Gasteiger partial charge in [-0.2, -0.15) is 5.10 Å². The predicted octanol–water partition coefficient (Wildman–Crippen LogP) is 4.59. The van der Waals surface area contributed by atoms with Crippen LogP contribution >= 0.6 is 11.6 Å². The van der Waals surface area contributed by atoms with Crippen LogP contribution in [-0.2, 0) is 12.1 Å². The Balaban J connectivity index is 1.13. The fourth-order valence-electron chi connectivity index (χ4n) is 6.15. The number of likely N-dealkylation sites (tertiary alicyclic amines) is 1. The van der Waals surface area contributed by atoms with Crippen molar-refractivity contribution in [2.45, 2.75) is 45.7 Å². The van der Waals surface area contributed by atoms with E-state index >= 15 is 0 Å². The normalized spacial score (nSPS) is 19.8. The topological polar surface area (TPSA) is 74.6 Å². The second-order valence-corrected chi connectivity index (χ2v) is 11.5. The zero-order chi connectivity index (χ0) is 25.9. The van der Waals surface area contributed by atoms with E-state index in [1.165, 1.54) is 0 Å². The van der Waals surface area contributed by atoms with E-state index in [2.05, 4.69) is 21.0 Å². The summed E-state index contributed by atoms with van der Waals surface area (Å²) in [5.41, 5.74) is 3.75. The van der Waals surface area contributed by atoms with E-state index in [-0.39, 0.29) is 17.2 Å². The maximum Gasteiger partial charge on any atom is 0.259 e. The number of anilines is 2. The molecule has 9 heteroatoms. The Labute approximate surface area is 221 Å². The number of fused-ring (bicyclic) bond motifs is 1. The van der Waals surface area contributed by atoms with Gasteiger partial charge < -0.3 is 9.80 Å². The van der Waals surface area contributed by atoms with Crippen molar-refractivity contribution in [3.63, 3.8) is 0 Å². The average molecular weight is 519 g/mol. The first-order valence-corrected chi connectivity index (χ1v) is 13.2. The van der Waals surface area contributed by atoms with E-state index < -0.39 is 5.54 Å². The third kappa shape index (κ3) is 3.89. The minimum atomic E-state index is -0.529. The summed E-state index contributed by atoms with van der Waals surface area (Å²) >= 11 is 6.25. The number of halogens is 1. The van der Waals surface area contributed by atoms with Crippen molar-refractivity contribution in [3.8, 4) is 0 Å². The molecule has 5 heterocycles. The van der Waals surface area contributed by atoms with Crippen LogP contribution in [-0.4, -0.2) is 57.7 Å². The number of carbonyl (C=O) groups is 2. The third-order valence-electron chi connectivity index (χ3n) is 8.33. The summed E-state index contributed by atoms with van der Waals surface area (Å²) in [5, 5.41) is 4.86. The zero-order valence-electron chi connectivity index (χ0n) is 21.4. The minimum absolute atomic E-state index is 0.0306. The quantitative estimate of drug-likeness (QED) is 0.505. The first kappa shape index (κ1) is 24.0. The van der Waals surface area contributed by atoms with Gasteiger partial charge >= 0.3 is 0 Å². The Bertz CT molecular complexity index is 1380. The van der Waals surface area contributed by atoms with Gasteiger partial charge in [0.15, 0.2) is 0 Å². The molecule has 0 saturated carbocycles. The lowest BCUT2D eigenvalue weighted by molar-refractivity contribution is -0.00786. The molecule has 2 saturated heterocycles. The van der Waals surface area contributed by atoms with Crippen LogP contribution < -0.4 is 9.80 Å². The fourth-order valence-corrected chi connectivity index (χ4v) is 6.32. The summed E-state index contributed by atoms with van der Waals surface area (Å²) < 4.78 is 1.79. The van der Waals surface area contributed by atoms with Gasteiger partial charge in [-0.3, -0.25) is 24.2 Å². The minimum Gasteiger partial charge on any atom is -0.370 e. The molecule has 0 bridgehead atoms. The molecule has 0 aliphatic carbocycles. The predicted molar refractivity (Wildman–Crippen MR) is 143 cm³/mol. The van der Waals surface area contributed by atoms with Gasteiger partial charge in [-0.15, -0.1) is 0 Å². The number of carbonyl (C=O) groups excluding carboxylic acids is 2. The van der Waals surface area contributed by atoms with Crippen molar-refractivity contribution in [1.29, 1.82) is 0 Å². The Hall–Kier alpha value is -3.39. The SMILES string of the molecule is CCn1cc(C(=O)N2CC3(CCN(c4cncc(N5C(=O)c6ccc(Cl)cc6C5(C)C)c4)CC3)C2)cn1. The van der Waals surface area contributed by atoms with Gasteiger partial charge in [0.2, 0.25) is 0 Å². The van der Waals surface area contributed by atoms with E-state index in [0.29, 0.717) is 16.1 Å². The maximum absolute atomic E-state index is 13.4. The lowest BCUT2D eigenvalue weighted by Gasteiger charge is -2.54. The number of piperidine rings is 1. The van der Waals surface area contributed by atoms with Crippen LogP contribution in [0.15, 0.2) is 49.1 Å². The molecular formula is C28H31ClN6O2. The summed E-state index contributed by atoms with van der Waals surface area (Å²) in [6, 6.07) is 7.54. The summed E-state index contributed by atoms with van der Waals surface area (Å²) in [5.74, 6) is 0.0433. The highest BCUT2D eigenvalue weighted by Crippen LogP contribution is 2.45. The number of hydrogen-bond donors (Lipinski definition) is 0. The van der Waals surface area contributed by atoms with Crippen LogP contribution in [0.5, 0.6) is 0 Å². The van der Waals surface area contributed by atoms with Crippen molar-refractivity contribution in [1.82, 2.24) is 19.7 Å². The molecule has 2 fully saturated rings. The van der Waals surface area contributed by atoms with Crippen LogP contribution in [0.2, 0.25) is 5.02 Å². The Kier molecular flexibility index (Phi) is 5.56. The van der Waals surface area contributed by atoms with Crippen molar-refractivity contribution >= 4 is 34.8 Å². The zero-order valence-corrected chi connectivity index (χ0v) is 22.2. The molecule has 192 valence electrons. The summed E-state index contributed by atoms with van der Waals surface area (Å²) in [7, 11) is 0. The number of hydrogen-bond acceptors (Lipinski definition) is 5. The molecule has 3 aliphatic rings. The molecule has 8 nitrogen and oxygen atoms in total. The molecular weight excluding hydrogens is 488 g/mol. The number of pyridine rings is 1. The molecule has 0 unspecified atom stereocenters. The Morgan fingerprint density at radius 1 is 1.05 bits per heavy atom. The molecule has 1 spiro atoms. The van der Waals surface area contributed by atoms with Gasteiger partial charge in [0.25, 0.3) is 11.8 Å². The van der Waals surface area contributed by atoms with Crippen molar-refractivity contribution in [2.24, 2.45) is 5.41 Å². The van der Waals surface area contributed by atoms with Crippen LogP contribution in [0, 0.1) is 5.41 Å². The lowest BCUT2D eigenvalue weighted by atomic mass is 9.71. The number of aryl methyl sites for hydroxylation is 1. The highest BCUT2D eigenvalue weighted by molar-refractivity contribution is 6.31. The summed E-state index contributed by atoms with van der Waals surface area (Å²) in [6.07, 6.45) is 9.17. The van der Waals surface area contributed by atoms with E-state index in [9.17, 15) is 9.59 Å². The van der Waals surface area contributed by atoms with Crippen LogP contribution in [0.3, 0.4) is 0 Å². The largest absolute Gasteiger partial charge is 0.370 e. The summed E-state index contributed by atoms with van der Waals surface area (Å²) in [6.45, 7) is 10.2. The highest BCUT2D eigenvalue weighted by atomic mass is 35.5. The van der Waals surface area contributed by atoms with Crippen molar-refractivity contribution in [3.05, 3.63) is 70.8 Å². The highest BCUT2D eigenvalue weighted by Gasteiger charge is 2.47. The average Bonchev–Trinajstić information content (AvgIpc) is 3.43. The first-order valence-electron chi connectivity index (χ1n) is 12.9. The van der Waals surface area contributed by atoms with Gasteiger partial charge in [-0.05, 0) is 63.4 Å². The van der Waals surface area contributed by atoms with Crippen LogP contribution in [0.4, 0.5) is 11.4 Å². The number of nitrogens with zero attached hydrogens (tertiary/aromatic N) is 6. The molecule has 6 rings (SSSR count). The Morgan fingerprint density at radius 3 is 2.49 bits per heavy atom. The summed E-state index contributed by atoms with van der Waals surface area (Å²) in [4.78, 5) is 36.8. The van der Waals surface area contributed by atoms with Gasteiger partial charge in [0, 0.05) is 54.9 Å². The second-order valence-electron chi connectivity index (χ2n) is 11.0. The molecule has 37 heavy (non-hydrogen) atoms. The van der Waals surface area contributed by atoms with E-state index in [1.807, 2.05) is 55.1 Å². The van der Waals surface area contributed by atoms with Crippen LogP contribution in [0.25, 0.3) is 0 Å². The molecule has 0 radical (unpaired) electrons. The molecule has 2 aromatic heterocycles. The number of aromatic nitrogens is 3. The van der Waals surface area contributed by atoms with Gasteiger partial charge in [0.05, 0.1) is 41.1 Å². The molecule has 0 N–H and O–H groups in total. The number of rotatable bonds is 4. The van der Waals surface area contributed by atoms with Crippen molar-refractivity contribution in [2.75, 3.05) is 36.0 Å². The molecule has 3 aliphatic heterocycles. The number of benzene rings is 1. The third-order valence-corrected chi connectivity index (χ3v) is 8.57. The Morgan fingerprint density at radius 2 is 1.78 bits per heavy atom. The standard InChI is InChI=1S/C28H31ClN6O2/c1-4-34-16-19(13-31-34)25(36)33-17-28(18-33)7-9-32(10-8-28)21-12-22(15-30-14-21)35-26(37)23-6-5-20(29)11-24(23)27(35,2)3/h5-6,11-16H,4,7-10,17-18H2,1-3H3. The number of amides is 2. The van der Waals surface area contributed by atoms with Gasteiger partial charge in [-0.25, -0.2) is 0 Å². The smallest absolute Gasteiger partial charge is 0.259 e. The van der Waals surface area contributed by atoms with Crippen molar-refractivity contribution < 1.29 is 9.59 Å². The fraction of sp³-hybridized carbons (Fsp3) is 0.429. The van der Waals surface area contributed by atoms with E-state index in [1.54, 1.807) is 23.1 Å². The van der Waals surface area contributed by atoms with Gasteiger partial charge in [0.1, 0.15) is 0 Å². The monoisotopic (exact) mass is 518 g/mol. The molecule has 3 aromatic rings. The lowest BCUT2D eigenvalue weighted by Crippen LogP contribution is -2.61. The van der Waals surface area contributed by atoms with Crippen LogP contribution in [0.1, 0.15) is 59.9 Å².